The molecule has 0 bridgehead atoms. The summed E-state index contributed by atoms with van der Waals surface area (Å²) < 4.78 is 29.6. The van der Waals surface area contributed by atoms with E-state index in [1.165, 1.54) is 39.5 Å². The maximum Gasteiger partial charge on any atom is 0.336 e. The molecular weight excluding hydrogens is 327 g/mol. The van der Waals surface area contributed by atoms with Gasteiger partial charge in [-0.3, -0.25) is 0 Å². The molecule has 0 radical (unpaired) electrons. The van der Waals surface area contributed by atoms with Crippen LogP contribution in [0.15, 0.2) is 30.3 Å². The Morgan fingerprint density at radius 3 is 2.12 bits per heavy atom. The third kappa shape index (κ3) is 3.91. The van der Waals surface area contributed by atoms with Crippen molar-refractivity contribution in [2.75, 3.05) is 21.3 Å². The van der Waals surface area contributed by atoms with Gasteiger partial charge in [0.15, 0.2) is 11.5 Å². The standard InChI is InChI=1S/C19H19FO5/c1-11-5-6-12(8-15(11)20)14(19(21)22)7-13-9-17(24-3)18(25-4)10-16(13)23-2/h5-10H,1-4H3,(H,21,22)/b14-7-. The average molecular weight is 346 g/mol. The van der Waals surface area contributed by atoms with E-state index in [1.807, 2.05) is 0 Å². The van der Waals surface area contributed by atoms with Crippen molar-refractivity contribution in [2.24, 2.45) is 0 Å². The summed E-state index contributed by atoms with van der Waals surface area (Å²) >= 11 is 0. The molecule has 2 aromatic rings. The zero-order valence-electron chi connectivity index (χ0n) is 14.4. The number of methoxy groups -OCH3 is 3. The third-order valence-corrected chi connectivity index (χ3v) is 3.75. The number of carbonyl (C=O) groups is 1. The molecule has 6 heteroatoms. The quantitative estimate of drug-likeness (QED) is 0.637. The fourth-order valence-corrected chi connectivity index (χ4v) is 2.35. The minimum atomic E-state index is -1.18. The van der Waals surface area contributed by atoms with Crippen LogP contribution in [0.5, 0.6) is 17.2 Å². The van der Waals surface area contributed by atoms with E-state index >= 15 is 0 Å². The highest BCUT2D eigenvalue weighted by Gasteiger charge is 2.16. The second-order valence-electron chi connectivity index (χ2n) is 5.28. The Morgan fingerprint density at radius 1 is 1.00 bits per heavy atom. The van der Waals surface area contributed by atoms with Crippen LogP contribution in [-0.4, -0.2) is 32.4 Å². The highest BCUT2D eigenvalue weighted by atomic mass is 19.1. The number of carboxylic acid groups (broad SMARTS) is 1. The fraction of sp³-hybridized carbons (Fsp3) is 0.211. The predicted molar refractivity (Wildman–Crippen MR) is 92.7 cm³/mol. The first-order valence-corrected chi connectivity index (χ1v) is 7.42. The summed E-state index contributed by atoms with van der Waals surface area (Å²) in [6.45, 7) is 1.61. The van der Waals surface area contributed by atoms with Crippen molar-refractivity contribution in [3.05, 3.63) is 52.8 Å². The van der Waals surface area contributed by atoms with Crippen LogP contribution in [0.1, 0.15) is 16.7 Å². The molecule has 2 aromatic carbocycles. The maximum absolute atomic E-state index is 13.8. The molecule has 0 aliphatic heterocycles. The molecule has 0 saturated carbocycles. The number of carboxylic acids is 1. The minimum absolute atomic E-state index is 0.0654. The molecule has 25 heavy (non-hydrogen) atoms. The number of rotatable bonds is 6. The van der Waals surface area contributed by atoms with Crippen LogP contribution in [0.25, 0.3) is 11.6 Å². The zero-order valence-corrected chi connectivity index (χ0v) is 14.4. The lowest BCUT2D eigenvalue weighted by Crippen LogP contribution is -2.01. The smallest absolute Gasteiger partial charge is 0.336 e. The first-order chi connectivity index (χ1) is 11.9. The summed E-state index contributed by atoms with van der Waals surface area (Å²) in [5, 5.41) is 9.55. The molecule has 0 atom stereocenters. The summed E-state index contributed by atoms with van der Waals surface area (Å²) in [5.41, 5.74) is 1.10. The number of halogens is 1. The third-order valence-electron chi connectivity index (χ3n) is 3.75. The van der Waals surface area contributed by atoms with Gasteiger partial charge in [-0.15, -0.1) is 0 Å². The highest BCUT2D eigenvalue weighted by molar-refractivity contribution is 6.20. The van der Waals surface area contributed by atoms with Gasteiger partial charge in [0.05, 0.1) is 26.9 Å². The van der Waals surface area contributed by atoms with Crippen molar-refractivity contribution in [1.29, 1.82) is 0 Å². The number of benzene rings is 2. The van der Waals surface area contributed by atoms with Crippen molar-refractivity contribution in [3.63, 3.8) is 0 Å². The van der Waals surface area contributed by atoms with Gasteiger partial charge in [-0.05, 0) is 36.3 Å². The molecule has 0 fully saturated rings. The molecule has 0 amide bonds. The van der Waals surface area contributed by atoms with E-state index in [2.05, 4.69) is 0 Å². The molecule has 0 heterocycles. The normalized spacial score (nSPS) is 11.2. The Hall–Kier alpha value is -3.02. The summed E-state index contributed by atoms with van der Waals surface area (Å²) in [4.78, 5) is 11.7. The average Bonchev–Trinajstić information content (AvgIpc) is 2.61. The van der Waals surface area contributed by atoms with Gasteiger partial charge in [0.2, 0.25) is 0 Å². The second-order valence-corrected chi connectivity index (χ2v) is 5.28. The number of aryl methyl sites for hydroxylation is 1. The number of aliphatic carboxylic acids is 1. The maximum atomic E-state index is 13.8. The first-order valence-electron chi connectivity index (χ1n) is 7.42. The molecule has 2 rings (SSSR count). The SMILES string of the molecule is COc1cc(OC)c(OC)cc1/C=C(\C(=O)O)c1ccc(C)c(F)c1. The van der Waals surface area contributed by atoms with E-state index in [0.717, 1.165) is 0 Å². The Bertz CT molecular complexity index is 827. The number of ether oxygens (including phenoxy) is 3. The van der Waals surface area contributed by atoms with Crippen LogP contribution in [0.2, 0.25) is 0 Å². The summed E-state index contributed by atoms with van der Waals surface area (Å²) in [6.07, 6.45) is 1.41. The Balaban J connectivity index is 2.64. The van der Waals surface area contributed by atoms with Gasteiger partial charge in [-0.2, -0.15) is 0 Å². The van der Waals surface area contributed by atoms with Crippen LogP contribution in [0, 0.1) is 12.7 Å². The van der Waals surface area contributed by atoms with Crippen molar-refractivity contribution in [1.82, 2.24) is 0 Å². The molecule has 0 aliphatic rings. The first kappa shape index (κ1) is 18.3. The van der Waals surface area contributed by atoms with E-state index in [0.29, 0.717) is 28.4 Å². The molecule has 0 unspecified atom stereocenters. The number of hydrogen-bond donors (Lipinski definition) is 1. The summed E-state index contributed by atoms with van der Waals surface area (Å²) in [7, 11) is 4.43. The monoisotopic (exact) mass is 346 g/mol. The fourth-order valence-electron chi connectivity index (χ4n) is 2.35. The minimum Gasteiger partial charge on any atom is -0.496 e. The molecule has 0 saturated heterocycles. The molecule has 5 nitrogen and oxygen atoms in total. The van der Waals surface area contributed by atoms with Gasteiger partial charge in [-0.1, -0.05) is 12.1 Å². The van der Waals surface area contributed by atoms with Crippen LogP contribution >= 0.6 is 0 Å². The lowest BCUT2D eigenvalue weighted by molar-refractivity contribution is -0.130. The van der Waals surface area contributed by atoms with Gasteiger partial charge < -0.3 is 19.3 Å². The Kier molecular flexibility index (Phi) is 5.64. The van der Waals surface area contributed by atoms with Gasteiger partial charge in [0, 0.05) is 11.6 Å². The van der Waals surface area contributed by atoms with Gasteiger partial charge in [0.1, 0.15) is 11.6 Å². The van der Waals surface area contributed by atoms with Crippen molar-refractivity contribution < 1.29 is 28.5 Å². The van der Waals surface area contributed by atoms with Crippen LogP contribution in [0.4, 0.5) is 4.39 Å². The Morgan fingerprint density at radius 2 is 1.60 bits per heavy atom. The van der Waals surface area contributed by atoms with Gasteiger partial charge in [0.25, 0.3) is 0 Å². The van der Waals surface area contributed by atoms with E-state index in [1.54, 1.807) is 25.1 Å². The van der Waals surface area contributed by atoms with Gasteiger partial charge >= 0.3 is 5.97 Å². The van der Waals surface area contributed by atoms with Crippen LogP contribution in [-0.2, 0) is 4.79 Å². The van der Waals surface area contributed by atoms with Crippen molar-refractivity contribution in [2.45, 2.75) is 6.92 Å². The summed E-state index contributed by atoms with van der Waals surface area (Å²) in [5.74, 6) is -0.364. The van der Waals surface area contributed by atoms with Gasteiger partial charge in [-0.25, -0.2) is 9.18 Å². The molecule has 0 spiro atoms. The zero-order chi connectivity index (χ0) is 18.6. The molecular formula is C19H19FO5. The lowest BCUT2D eigenvalue weighted by atomic mass is 10.0. The van der Waals surface area contributed by atoms with Crippen LogP contribution in [0.3, 0.4) is 0 Å². The van der Waals surface area contributed by atoms with Crippen LogP contribution < -0.4 is 14.2 Å². The topological polar surface area (TPSA) is 65.0 Å². The summed E-state index contributed by atoms with van der Waals surface area (Å²) in [6, 6.07) is 7.49. The molecule has 0 aromatic heterocycles. The van der Waals surface area contributed by atoms with E-state index in [4.69, 9.17) is 14.2 Å². The van der Waals surface area contributed by atoms with Crippen molar-refractivity contribution in [3.8, 4) is 17.2 Å². The largest absolute Gasteiger partial charge is 0.496 e. The lowest BCUT2D eigenvalue weighted by Gasteiger charge is -2.13. The van der Waals surface area contributed by atoms with E-state index < -0.39 is 11.8 Å². The van der Waals surface area contributed by atoms with E-state index in [-0.39, 0.29) is 11.1 Å². The predicted octanol–water partition coefficient (Wildman–Crippen LogP) is 3.79. The second kappa shape index (κ2) is 7.70. The Labute approximate surface area is 145 Å². The van der Waals surface area contributed by atoms with Crippen molar-refractivity contribution >= 4 is 17.6 Å². The molecule has 1 N–H and O–H groups in total. The van der Waals surface area contributed by atoms with E-state index in [9.17, 15) is 14.3 Å². The highest BCUT2D eigenvalue weighted by Crippen LogP contribution is 2.36. The molecule has 0 aliphatic carbocycles. The number of hydrogen-bond acceptors (Lipinski definition) is 4. The molecule has 132 valence electrons.